The van der Waals surface area contributed by atoms with Gasteiger partial charge in [0.1, 0.15) is 0 Å². The maximum Gasteiger partial charge on any atom is 0.222 e. The molecule has 110 valence electrons. The first kappa shape index (κ1) is 14.8. The second-order valence-corrected chi connectivity index (χ2v) is 6.43. The molecule has 1 N–H and O–H groups in total. The number of carbonyl (C=O) groups is 1. The van der Waals surface area contributed by atoms with E-state index in [9.17, 15) is 4.79 Å². The van der Waals surface area contributed by atoms with E-state index in [0.717, 1.165) is 38.6 Å². The van der Waals surface area contributed by atoms with E-state index in [4.69, 9.17) is 0 Å². The van der Waals surface area contributed by atoms with Crippen molar-refractivity contribution >= 4 is 5.91 Å². The summed E-state index contributed by atoms with van der Waals surface area (Å²) in [6.45, 7) is 7.35. The van der Waals surface area contributed by atoms with Gasteiger partial charge in [-0.05, 0) is 57.8 Å². The maximum absolute atomic E-state index is 12.0. The van der Waals surface area contributed by atoms with Gasteiger partial charge in [0.15, 0.2) is 0 Å². The van der Waals surface area contributed by atoms with Crippen LogP contribution in [0.25, 0.3) is 0 Å². The van der Waals surface area contributed by atoms with Crippen LogP contribution < -0.4 is 5.32 Å². The van der Waals surface area contributed by atoms with E-state index >= 15 is 0 Å². The van der Waals surface area contributed by atoms with E-state index in [1.807, 2.05) is 6.92 Å². The van der Waals surface area contributed by atoms with E-state index in [-0.39, 0.29) is 0 Å². The molecule has 4 heteroatoms. The molecule has 2 rings (SSSR count). The molecule has 2 fully saturated rings. The standard InChI is InChI=1S/C15H29N3O/c1-4-15(19)18-10-13(9-17(2)3)14(11-18)12-5-7-16-8-6-12/h12-14,16H,4-11H2,1-3H3/t13-,14+/m0/s1. The summed E-state index contributed by atoms with van der Waals surface area (Å²) in [6.07, 6.45) is 3.21. The zero-order valence-electron chi connectivity index (χ0n) is 12.7. The van der Waals surface area contributed by atoms with Gasteiger partial charge in [-0.3, -0.25) is 4.79 Å². The fraction of sp³-hybridized carbons (Fsp3) is 0.933. The van der Waals surface area contributed by atoms with E-state index < -0.39 is 0 Å². The molecule has 1 amide bonds. The molecule has 0 aromatic carbocycles. The molecule has 0 spiro atoms. The third-order valence-corrected chi connectivity index (χ3v) is 4.74. The highest BCUT2D eigenvalue weighted by Gasteiger charge is 2.39. The highest BCUT2D eigenvalue weighted by molar-refractivity contribution is 5.76. The minimum atomic E-state index is 0.334. The minimum Gasteiger partial charge on any atom is -0.342 e. The predicted octanol–water partition coefficient (Wildman–Crippen LogP) is 1.03. The van der Waals surface area contributed by atoms with Gasteiger partial charge in [0.2, 0.25) is 5.91 Å². The SMILES string of the molecule is CCC(=O)N1C[C@H](CN(C)C)[C@@H](C2CCNCC2)C1. The Bertz CT molecular complexity index is 300. The monoisotopic (exact) mass is 267 g/mol. The van der Waals surface area contributed by atoms with Gasteiger partial charge in [-0.2, -0.15) is 0 Å². The van der Waals surface area contributed by atoms with Crippen LogP contribution in [0.5, 0.6) is 0 Å². The Morgan fingerprint density at radius 2 is 1.95 bits per heavy atom. The number of likely N-dealkylation sites (tertiary alicyclic amines) is 1. The summed E-state index contributed by atoms with van der Waals surface area (Å²) in [4.78, 5) is 16.4. The third kappa shape index (κ3) is 3.69. The molecule has 0 saturated carbocycles. The van der Waals surface area contributed by atoms with Gasteiger partial charge in [-0.15, -0.1) is 0 Å². The van der Waals surface area contributed by atoms with Gasteiger partial charge >= 0.3 is 0 Å². The highest BCUT2D eigenvalue weighted by atomic mass is 16.2. The van der Waals surface area contributed by atoms with Crippen LogP contribution in [0.15, 0.2) is 0 Å². The van der Waals surface area contributed by atoms with Gasteiger partial charge in [-0.1, -0.05) is 6.92 Å². The van der Waals surface area contributed by atoms with E-state index in [1.165, 1.54) is 12.8 Å². The smallest absolute Gasteiger partial charge is 0.222 e. The van der Waals surface area contributed by atoms with E-state index in [2.05, 4.69) is 29.2 Å². The summed E-state index contributed by atoms with van der Waals surface area (Å²) in [5.74, 6) is 2.51. The molecule has 2 saturated heterocycles. The molecule has 0 unspecified atom stereocenters. The molecule has 0 bridgehead atoms. The first-order valence-corrected chi connectivity index (χ1v) is 7.75. The first-order valence-electron chi connectivity index (χ1n) is 7.75. The summed E-state index contributed by atoms with van der Waals surface area (Å²) in [7, 11) is 4.29. The second kappa shape index (κ2) is 6.71. The largest absolute Gasteiger partial charge is 0.342 e. The van der Waals surface area contributed by atoms with Crippen molar-refractivity contribution in [2.45, 2.75) is 26.2 Å². The Labute approximate surface area is 117 Å². The Morgan fingerprint density at radius 1 is 1.26 bits per heavy atom. The maximum atomic E-state index is 12.0. The van der Waals surface area contributed by atoms with Gasteiger partial charge in [0, 0.05) is 26.1 Å². The number of hydrogen-bond donors (Lipinski definition) is 1. The van der Waals surface area contributed by atoms with Crippen molar-refractivity contribution in [3.63, 3.8) is 0 Å². The number of hydrogen-bond acceptors (Lipinski definition) is 3. The van der Waals surface area contributed by atoms with Crippen LogP contribution in [0.1, 0.15) is 26.2 Å². The lowest BCUT2D eigenvalue weighted by Gasteiger charge is -2.32. The molecular formula is C15H29N3O. The molecule has 0 radical (unpaired) electrons. The third-order valence-electron chi connectivity index (χ3n) is 4.74. The van der Waals surface area contributed by atoms with Crippen LogP contribution in [0.4, 0.5) is 0 Å². The molecule has 0 aliphatic carbocycles. The molecule has 19 heavy (non-hydrogen) atoms. The van der Waals surface area contributed by atoms with Gasteiger partial charge in [-0.25, -0.2) is 0 Å². The van der Waals surface area contributed by atoms with Crippen LogP contribution >= 0.6 is 0 Å². The molecular weight excluding hydrogens is 238 g/mol. The number of amides is 1. The lowest BCUT2D eigenvalue weighted by molar-refractivity contribution is -0.130. The van der Waals surface area contributed by atoms with Crippen molar-refractivity contribution in [2.24, 2.45) is 17.8 Å². The predicted molar refractivity (Wildman–Crippen MR) is 78.0 cm³/mol. The highest BCUT2D eigenvalue weighted by Crippen LogP contribution is 2.35. The van der Waals surface area contributed by atoms with Crippen molar-refractivity contribution in [1.29, 1.82) is 0 Å². The molecule has 4 nitrogen and oxygen atoms in total. The van der Waals surface area contributed by atoms with Crippen LogP contribution in [-0.4, -0.2) is 62.5 Å². The number of nitrogens with zero attached hydrogens (tertiary/aromatic N) is 2. The van der Waals surface area contributed by atoms with Crippen molar-refractivity contribution in [3.8, 4) is 0 Å². The molecule has 2 heterocycles. The Kier molecular flexibility index (Phi) is 5.22. The second-order valence-electron chi connectivity index (χ2n) is 6.43. The van der Waals surface area contributed by atoms with Crippen molar-refractivity contribution < 1.29 is 4.79 Å². The number of carbonyl (C=O) groups excluding carboxylic acids is 1. The summed E-state index contributed by atoms with van der Waals surface area (Å²) >= 11 is 0. The lowest BCUT2D eigenvalue weighted by Crippen LogP contribution is -2.37. The molecule has 2 aliphatic rings. The zero-order valence-corrected chi connectivity index (χ0v) is 12.7. The molecule has 0 aromatic rings. The molecule has 2 atom stereocenters. The fourth-order valence-electron chi connectivity index (χ4n) is 3.79. The van der Waals surface area contributed by atoms with E-state index in [0.29, 0.717) is 24.2 Å². The Morgan fingerprint density at radius 3 is 2.53 bits per heavy atom. The van der Waals surface area contributed by atoms with Crippen molar-refractivity contribution in [1.82, 2.24) is 15.1 Å². The average Bonchev–Trinajstić information content (AvgIpc) is 2.82. The lowest BCUT2D eigenvalue weighted by atomic mass is 9.79. The van der Waals surface area contributed by atoms with Crippen molar-refractivity contribution in [2.75, 3.05) is 46.8 Å². The Hall–Kier alpha value is -0.610. The van der Waals surface area contributed by atoms with Crippen LogP contribution in [0.3, 0.4) is 0 Å². The van der Waals surface area contributed by atoms with Gasteiger partial charge in [0.25, 0.3) is 0 Å². The molecule has 0 aromatic heterocycles. The normalized spacial score (nSPS) is 29.2. The summed E-state index contributed by atoms with van der Waals surface area (Å²) in [5.41, 5.74) is 0. The number of piperidine rings is 1. The fourth-order valence-corrected chi connectivity index (χ4v) is 3.79. The van der Waals surface area contributed by atoms with Gasteiger partial charge in [0.05, 0.1) is 0 Å². The van der Waals surface area contributed by atoms with Crippen LogP contribution in [0, 0.1) is 17.8 Å². The number of nitrogens with one attached hydrogen (secondary N) is 1. The van der Waals surface area contributed by atoms with Gasteiger partial charge < -0.3 is 15.1 Å². The first-order chi connectivity index (χ1) is 9.11. The Balaban J connectivity index is 2.01. The minimum absolute atomic E-state index is 0.334. The summed E-state index contributed by atoms with van der Waals surface area (Å²) < 4.78 is 0. The average molecular weight is 267 g/mol. The summed E-state index contributed by atoms with van der Waals surface area (Å²) in [5, 5.41) is 3.45. The van der Waals surface area contributed by atoms with Crippen LogP contribution in [0.2, 0.25) is 0 Å². The quantitative estimate of drug-likeness (QED) is 0.826. The van der Waals surface area contributed by atoms with Crippen molar-refractivity contribution in [3.05, 3.63) is 0 Å². The molecule has 2 aliphatic heterocycles. The van der Waals surface area contributed by atoms with Crippen LogP contribution in [-0.2, 0) is 4.79 Å². The van der Waals surface area contributed by atoms with E-state index in [1.54, 1.807) is 0 Å². The number of rotatable bonds is 4. The zero-order chi connectivity index (χ0) is 13.8. The summed E-state index contributed by atoms with van der Waals surface area (Å²) in [6, 6.07) is 0. The topological polar surface area (TPSA) is 35.6 Å².